The third-order valence-corrected chi connectivity index (χ3v) is 7.47. The van der Waals surface area contributed by atoms with Gasteiger partial charge in [-0.1, -0.05) is 6.07 Å². The summed E-state index contributed by atoms with van der Waals surface area (Å²) in [5.41, 5.74) is 6.31. The fourth-order valence-corrected chi connectivity index (χ4v) is 5.11. The van der Waals surface area contributed by atoms with Crippen LogP contribution in [0.5, 0.6) is 0 Å². The van der Waals surface area contributed by atoms with Crippen molar-refractivity contribution in [3.8, 4) is 11.3 Å². The minimum absolute atomic E-state index is 0.383. The standard InChI is InChI=1S/C28H34N8/c1-19(36-11-9-29-10-12-36)21-7-8-30-23(13-21)15-27-33-24-6-5-22(14-26(24)34-27)25-16-28(32-18-31-25)35(2)17-20-3-4-20/h5-8,13-14,16,18-20,29H,3-4,9-12,15,17H2,1-2H3,(H,33,34). The van der Waals surface area contributed by atoms with Crippen LogP contribution in [0.15, 0.2) is 48.9 Å². The Balaban J connectivity index is 1.19. The van der Waals surface area contributed by atoms with Gasteiger partial charge in [0.2, 0.25) is 0 Å². The molecule has 0 radical (unpaired) electrons. The number of hydrogen-bond acceptors (Lipinski definition) is 7. The van der Waals surface area contributed by atoms with E-state index in [2.05, 4.69) is 85.4 Å². The molecule has 3 aromatic heterocycles. The van der Waals surface area contributed by atoms with E-state index >= 15 is 0 Å². The molecule has 1 saturated carbocycles. The first-order valence-corrected chi connectivity index (χ1v) is 13.0. The molecule has 4 heterocycles. The number of piperazine rings is 1. The molecule has 1 atom stereocenters. The zero-order chi connectivity index (χ0) is 24.5. The van der Waals surface area contributed by atoms with Gasteiger partial charge in [-0.15, -0.1) is 0 Å². The molecule has 4 aromatic rings. The van der Waals surface area contributed by atoms with Crippen molar-refractivity contribution in [1.29, 1.82) is 0 Å². The van der Waals surface area contributed by atoms with Gasteiger partial charge in [0.15, 0.2) is 0 Å². The molecule has 0 spiro atoms. The highest BCUT2D eigenvalue weighted by Gasteiger charge is 2.23. The molecule has 2 aliphatic rings. The van der Waals surface area contributed by atoms with E-state index in [9.17, 15) is 0 Å². The Morgan fingerprint density at radius 3 is 2.75 bits per heavy atom. The molecule has 1 aliphatic carbocycles. The molecule has 186 valence electrons. The molecule has 8 heteroatoms. The van der Waals surface area contributed by atoms with Crippen molar-refractivity contribution in [2.75, 3.05) is 44.7 Å². The van der Waals surface area contributed by atoms with Crippen LogP contribution in [0.4, 0.5) is 5.82 Å². The molecule has 8 nitrogen and oxygen atoms in total. The summed E-state index contributed by atoms with van der Waals surface area (Å²) in [7, 11) is 2.11. The first kappa shape index (κ1) is 23.1. The molecule has 6 rings (SSSR count). The van der Waals surface area contributed by atoms with Crippen molar-refractivity contribution in [2.45, 2.75) is 32.2 Å². The maximum Gasteiger partial charge on any atom is 0.132 e. The molecular formula is C28H34N8. The van der Waals surface area contributed by atoms with E-state index in [1.165, 1.54) is 18.4 Å². The number of rotatable bonds is 8. The summed E-state index contributed by atoms with van der Waals surface area (Å²) >= 11 is 0. The lowest BCUT2D eigenvalue weighted by Crippen LogP contribution is -2.44. The number of aromatic nitrogens is 5. The van der Waals surface area contributed by atoms with Crippen LogP contribution in [-0.2, 0) is 6.42 Å². The molecule has 1 aromatic carbocycles. The number of aromatic amines is 1. The molecule has 2 fully saturated rings. The molecule has 1 aliphatic heterocycles. The number of H-pyrrole nitrogens is 1. The predicted molar refractivity (Wildman–Crippen MR) is 143 cm³/mol. The van der Waals surface area contributed by atoms with Gasteiger partial charge >= 0.3 is 0 Å². The smallest absolute Gasteiger partial charge is 0.132 e. The Bertz CT molecular complexity index is 1340. The first-order chi connectivity index (χ1) is 17.6. The normalized spacial score (nSPS) is 17.4. The summed E-state index contributed by atoms with van der Waals surface area (Å²) in [5, 5.41) is 3.43. The summed E-state index contributed by atoms with van der Waals surface area (Å²) in [4.78, 5) is 26.8. The number of fused-ring (bicyclic) bond motifs is 1. The number of imidazole rings is 1. The number of hydrogen-bond donors (Lipinski definition) is 2. The zero-order valence-corrected chi connectivity index (χ0v) is 21.1. The first-order valence-electron chi connectivity index (χ1n) is 13.0. The van der Waals surface area contributed by atoms with Crippen molar-refractivity contribution >= 4 is 16.9 Å². The molecule has 0 amide bonds. The van der Waals surface area contributed by atoms with Gasteiger partial charge in [-0.2, -0.15) is 0 Å². The number of benzene rings is 1. The lowest BCUT2D eigenvalue weighted by Gasteiger charge is -2.33. The van der Waals surface area contributed by atoms with E-state index in [0.717, 1.165) is 78.3 Å². The average molecular weight is 483 g/mol. The maximum absolute atomic E-state index is 4.84. The monoisotopic (exact) mass is 482 g/mol. The number of anilines is 1. The van der Waals surface area contributed by atoms with E-state index in [4.69, 9.17) is 4.98 Å². The van der Waals surface area contributed by atoms with Gasteiger partial charge in [0.1, 0.15) is 18.0 Å². The topological polar surface area (TPSA) is 85.9 Å². The van der Waals surface area contributed by atoms with Crippen LogP contribution in [0.1, 0.15) is 42.9 Å². The molecule has 1 saturated heterocycles. The van der Waals surface area contributed by atoms with Crippen LogP contribution in [0.3, 0.4) is 0 Å². The summed E-state index contributed by atoms with van der Waals surface area (Å²) < 4.78 is 0. The maximum atomic E-state index is 4.84. The Kier molecular flexibility index (Phi) is 6.37. The fourth-order valence-electron chi connectivity index (χ4n) is 5.11. The summed E-state index contributed by atoms with van der Waals surface area (Å²) in [6.45, 7) is 7.61. The predicted octanol–water partition coefficient (Wildman–Crippen LogP) is 3.82. The van der Waals surface area contributed by atoms with Crippen LogP contribution in [-0.4, -0.2) is 69.6 Å². The Labute approximate surface area is 212 Å². The number of nitrogens with one attached hydrogen (secondary N) is 2. The highest BCUT2D eigenvalue weighted by atomic mass is 15.2. The number of pyridine rings is 1. The molecule has 36 heavy (non-hydrogen) atoms. The third-order valence-electron chi connectivity index (χ3n) is 7.47. The lowest BCUT2D eigenvalue weighted by atomic mass is 10.1. The average Bonchev–Trinajstić information content (AvgIpc) is 3.65. The lowest BCUT2D eigenvalue weighted by molar-refractivity contribution is 0.185. The third kappa shape index (κ3) is 5.10. The van der Waals surface area contributed by atoms with Crippen molar-refractivity contribution in [2.24, 2.45) is 5.92 Å². The van der Waals surface area contributed by atoms with Gasteiger partial charge in [0, 0.05) is 75.8 Å². The minimum Gasteiger partial charge on any atom is -0.359 e. The summed E-state index contributed by atoms with van der Waals surface area (Å²) in [6.07, 6.45) is 6.93. The second-order valence-electron chi connectivity index (χ2n) is 10.2. The van der Waals surface area contributed by atoms with Crippen LogP contribution in [0, 0.1) is 5.92 Å². The van der Waals surface area contributed by atoms with Gasteiger partial charge in [-0.25, -0.2) is 15.0 Å². The zero-order valence-electron chi connectivity index (χ0n) is 21.1. The Morgan fingerprint density at radius 1 is 1.06 bits per heavy atom. The quantitative estimate of drug-likeness (QED) is 0.395. The summed E-state index contributed by atoms with van der Waals surface area (Å²) in [6, 6.07) is 13.1. The minimum atomic E-state index is 0.383. The van der Waals surface area contributed by atoms with Crippen molar-refractivity contribution in [3.05, 3.63) is 66.0 Å². The van der Waals surface area contributed by atoms with Gasteiger partial charge in [0.25, 0.3) is 0 Å². The summed E-state index contributed by atoms with van der Waals surface area (Å²) in [5.74, 6) is 2.71. The van der Waals surface area contributed by atoms with E-state index < -0.39 is 0 Å². The van der Waals surface area contributed by atoms with E-state index in [-0.39, 0.29) is 0 Å². The Hall–Kier alpha value is -3.36. The van der Waals surface area contributed by atoms with Gasteiger partial charge in [-0.3, -0.25) is 9.88 Å². The largest absolute Gasteiger partial charge is 0.359 e. The molecular weight excluding hydrogens is 448 g/mol. The van der Waals surface area contributed by atoms with E-state index in [1.807, 2.05) is 6.20 Å². The second-order valence-corrected chi connectivity index (χ2v) is 10.2. The van der Waals surface area contributed by atoms with Gasteiger partial charge < -0.3 is 15.2 Å². The molecule has 0 bridgehead atoms. The van der Waals surface area contributed by atoms with E-state index in [0.29, 0.717) is 12.5 Å². The number of nitrogens with zero attached hydrogens (tertiary/aromatic N) is 6. The van der Waals surface area contributed by atoms with Crippen molar-refractivity contribution in [3.63, 3.8) is 0 Å². The molecule has 1 unspecified atom stereocenters. The highest BCUT2D eigenvalue weighted by molar-refractivity contribution is 5.81. The van der Waals surface area contributed by atoms with Gasteiger partial charge in [0.05, 0.1) is 16.7 Å². The van der Waals surface area contributed by atoms with Gasteiger partial charge in [-0.05, 0) is 55.5 Å². The van der Waals surface area contributed by atoms with Crippen molar-refractivity contribution in [1.82, 2.24) is 35.1 Å². The second kappa shape index (κ2) is 9.95. The highest BCUT2D eigenvalue weighted by Crippen LogP contribution is 2.31. The Morgan fingerprint density at radius 2 is 1.92 bits per heavy atom. The SMILES string of the molecule is CC(c1ccnc(Cc2nc3ccc(-c4cc(N(C)CC5CC5)ncn4)cc3[nH]2)c1)N1CCNCC1. The van der Waals surface area contributed by atoms with Crippen LogP contribution < -0.4 is 10.2 Å². The van der Waals surface area contributed by atoms with Crippen LogP contribution in [0.25, 0.3) is 22.3 Å². The van der Waals surface area contributed by atoms with E-state index in [1.54, 1.807) is 6.33 Å². The van der Waals surface area contributed by atoms with Crippen LogP contribution in [0.2, 0.25) is 0 Å². The van der Waals surface area contributed by atoms with Crippen LogP contribution >= 0.6 is 0 Å². The fraction of sp³-hybridized carbons (Fsp3) is 0.429. The molecule has 2 N–H and O–H groups in total. The van der Waals surface area contributed by atoms with Crippen molar-refractivity contribution < 1.29 is 0 Å².